The molecular weight excluding hydrogens is 452 g/mol. The van der Waals surface area contributed by atoms with Crippen molar-refractivity contribution in [2.45, 2.75) is 0 Å². The third kappa shape index (κ3) is 5.44. The molecule has 178 valence electrons. The fourth-order valence-corrected chi connectivity index (χ4v) is 3.27. The number of ether oxygens (including phenoxy) is 5. The summed E-state index contributed by atoms with van der Waals surface area (Å²) in [7, 11) is 4.64. The van der Waals surface area contributed by atoms with Crippen LogP contribution in [-0.4, -0.2) is 27.3 Å². The average Bonchev–Trinajstić information content (AvgIpc) is 2.89. The van der Waals surface area contributed by atoms with E-state index in [0.29, 0.717) is 23.0 Å². The molecule has 8 nitrogen and oxygen atoms in total. The van der Waals surface area contributed by atoms with E-state index in [1.165, 1.54) is 37.6 Å². The minimum atomic E-state index is -0.596. The summed E-state index contributed by atoms with van der Waals surface area (Å²) in [6.07, 6.45) is 4.10. The van der Waals surface area contributed by atoms with Gasteiger partial charge in [-0.25, -0.2) is 4.79 Å². The van der Waals surface area contributed by atoms with Gasteiger partial charge in [-0.3, -0.25) is 4.79 Å². The van der Waals surface area contributed by atoms with Crippen molar-refractivity contribution in [1.29, 1.82) is 0 Å². The van der Waals surface area contributed by atoms with E-state index in [0.717, 1.165) is 5.56 Å². The molecule has 1 heterocycles. The molecule has 0 saturated heterocycles. The highest BCUT2D eigenvalue weighted by Crippen LogP contribution is 2.28. The lowest BCUT2D eigenvalue weighted by Crippen LogP contribution is -2.06. The number of hydrogen-bond donors (Lipinski definition) is 0. The van der Waals surface area contributed by atoms with Crippen LogP contribution < -0.4 is 29.1 Å². The van der Waals surface area contributed by atoms with E-state index < -0.39 is 5.97 Å². The van der Waals surface area contributed by atoms with Gasteiger partial charge in [0.05, 0.1) is 26.7 Å². The number of carbonyl (C=O) groups is 1. The zero-order chi connectivity index (χ0) is 24.8. The van der Waals surface area contributed by atoms with Gasteiger partial charge in [0.2, 0.25) is 11.2 Å². The Hall–Kier alpha value is -4.72. The number of rotatable bonds is 8. The Morgan fingerprint density at radius 1 is 0.771 bits per heavy atom. The van der Waals surface area contributed by atoms with Crippen molar-refractivity contribution in [3.05, 3.63) is 88.8 Å². The lowest BCUT2D eigenvalue weighted by Gasteiger charge is -2.08. The van der Waals surface area contributed by atoms with Gasteiger partial charge < -0.3 is 28.1 Å². The van der Waals surface area contributed by atoms with E-state index in [4.69, 9.17) is 28.1 Å². The van der Waals surface area contributed by atoms with Crippen molar-refractivity contribution in [1.82, 2.24) is 0 Å². The van der Waals surface area contributed by atoms with Crippen molar-refractivity contribution in [2.75, 3.05) is 21.3 Å². The van der Waals surface area contributed by atoms with Crippen LogP contribution in [0.4, 0.5) is 0 Å². The smallest absolute Gasteiger partial charge is 0.336 e. The van der Waals surface area contributed by atoms with E-state index in [9.17, 15) is 9.59 Å². The van der Waals surface area contributed by atoms with E-state index >= 15 is 0 Å². The normalized spacial score (nSPS) is 10.8. The van der Waals surface area contributed by atoms with Gasteiger partial charge in [-0.2, -0.15) is 0 Å². The van der Waals surface area contributed by atoms with Crippen LogP contribution in [0, 0.1) is 0 Å². The standard InChI is InChI=1S/C27H22O8/c1-30-18-6-8-19(9-7-18)34-25-16-33-23-15-20(10-11-21(23)27(25)29)35-26(28)13-5-17-4-12-22(31-2)24(14-17)32-3/h4-16H,1-3H3/b13-5+. The summed E-state index contributed by atoms with van der Waals surface area (Å²) < 4.78 is 32.1. The molecule has 4 aromatic rings. The third-order valence-corrected chi connectivity index (χ3v) is 5.04. The van der Waals surface area contributed by atoms with Crippen LogP contribution in [0.15, 0.2) is 82.2 Å². The van der Waals surface area contributed by atoms with E-state index in [1.807, 2.05) is 0 Å². The molecule has 0 bridgehead atoms. The molecule has 0 aliphatic heterocycles. The second-order valence-electron chi connectivity index (χ2n) is 7.23. The van der Waals surface area contributed by atoms with Gasteiger partial charge in [0.15, 0.2) is 11.5 Å². The average molecular weight is 474 g/mol. The minimum Gasteiger partial charge on any atom is -0.497 e. The number of methoxy groups -OCH3 is 3. The summed E-state index contributed by atoms with van der Waals surface area (Å²) in [5.74, 6) is 1.93. The quantitative estimate of drug-likeness (QED) is 0.195. The maximum absolute atomic E-state index is 12.8. The molecule has 0 amide bonds. The Labute approximate surface area is 200 Å². The second-order valence-corrected chi connectivity index (χ2v) is 7.23. The highest BCUT2D eigenvalue weighted by molar-refractivity contribution is 5.89. The molecule has 4 rings (SSSR count). The first kappa shape index (κ1) is 23.4. The van der Waals surface area contributed by atoms with Crippen LogP contribution in [0.1, 0.15) is 5.56 Å². The van der Waals surface area contributed by atoms with Gasteiger partial charge >= 0.3 is 5.97 Å². The molecule has 0 fully saturated rings. The Bertz CT molecular complexity index is 1430. The predicted octanol–water partition coefficient (Wildman–Crippen LogP) is 5.23. The van der Waals surface area contributed by atoms with E-state index in [-0.39, 0.29) is 27.9 Å². The van der Waals surface area contributed by atoms with Crippen LogP contribution in [-0.2, 0) is 4.79 Å². The molecule has 0 aliphatic carbocycles. The largest absolute Gasteiger partial charge is 0.497 e. The van der Waals surface area contributed by atoms with Crippen LogP contribution in [0.5, 0.6) is 34.5 Å². The molecule has 0 atom stereocenters. The van der Waals surface area contributed by atoms with Gasteiger partial charge in [0.25, 0.3) is 0 Å². The molecule has 0 radical (unpaired) electrons. The van der Waals surface area contributed by atoms with Gasteiger partial charge in [0.1, 0.15) is 29.1 Å². The van der Waals surface area contributed by atoms with Gasteiger partial charge in [-0.05, 0) is 60.2 Å². The molecule has 0 N–H and O–H groups in total. The molecule has 0 spiro atoms. The monoisotopic (exact) mass is 474 g/mol. The first-order chi connectivity index (χ1) is 17.0. The van der Waals surface area contributed by atoms with Crippen molar-refractivity contribution < 1.29 is 32.9 Å². The maximum Gasteiger partial charge on any atom is 0.336 e. The van der Waals surface area contributed by atoms with Gasteiger partial charge in [-0.15, -0.1) is 0 Å². The van der Waals surface area contributed by atoms with E-state index in [2.05, 4.69) is 0 Å². The molecule has 1 aromatic heterocycles. The molecule has 8 heteroatoms. The third-order valence-electron chi connectivity index (χ3n) is 5.04. The first-order valence-corrected chi connectivity index (χ1v) is 10.5. The SMILES string of the molecule is COc1ccc(Oc2coc3cc(OC(=O)/C=C/c4ccc(OC)c(OC)c4)ccc3c2=O)cc1. The summed E-state index contributed by atoms with van der Waals surface area (Å²) in [4.78, 5) is 25.1. The fraction of sp³-hybridized carbons (Fsp3) is 0.111. The minimum absolute atomic E-state index is 0.0327. The highest BCUT2D eigenvalue weighted by Gasteiger charge is 2.12. The number of esters is 1. The topological polar surface area (TPSA) is 93.4 Å². The number of fused-ring (bicyclic) bond motifs is 1. The summed E-state index contributed by atoms with van der Waals surface area (Å²) in [5, 5.41) is 0.289. The Kier molecular flexibility index (Phi) is 7.02. The molecule has 0 aliphatic rings. The van der Waals surface area contributed by atoms with Crippen LogP contribution in [0.3, 0.4) is 0 Å². The summed E-state index contributed by atoms with van der Waals surface area (Å²) in [6, 6.07) is 16.6. The zero-order valence-corrected chi connectivity index (χ0v) is 19.3. The Balaban J connectivity index is 1.47. The Morgan fingerprint density at radius 3 is 2.20 bits per heavy atom. The molecule has 35 heavy (non-hydrogen) atoms. The lowest BCUT2D eigenvalue weighted by molar-refractivity contribution is -0.128. The summed E-state index contributed by atoms with van der Waals surface area (Å²) in [6.45, 7) is 0. The maximum atomic E-state index is 12.8. The molecule has 0 unspecified atom stereocenters. The Morgan fingerprint density at radius 2 is 1.49 bits per heavy atom. The number of benzene rings is 3. The van der Waals surface area contributed by atoms with E-state index in [1.54, 1.807) is 62.8 Å². The second kappa shape index (κ2) is 10.5. The molecule has 3 aromatic carbocycles. The summed E-state index contributed by atoms with van der Waals surface area (Å²) in [5.41, 5.74) is 0.632. The zero-order valence-electron chi connectivity index (χ0n) is 19.3. The lowest BCUT2D eigenvalue weighted by atomic mass is 10.2. The molecule has 0 saturated carbocycles. The van der Waals surface area contributed by atoms with Crippen molar-refractivity contribution in [2.24, 2.45) is 0 Å². The van der Waals surface area contributed by atoms with Gasteiger partial charge in [0, 0.05) is 12.1 Å². The highest BCUT2D eigenvalue weighted by atomic mass is 16.5. The van der Waals surface area contributed by atoms with Crippen molar-refractivity contribution >= 4 is 23.0 Å². The number of hydrogen-bond acceptors (Lipinski definition) is 8. The number of carbonyl (C=O) groups excluding carboxylic acids is 1. The fourth-order valence-electron chi connectivity index (χ4n) is 3.27. The van der Waals surface area contributed by atoms with Crippen molar-refractivity contribution in [3.63, 3.8) is 0 Å². The van der Waals surface area contributed by atoms with Crippen LogP contribution >= 0.6 is 0 Å². The van der Waals surface area contributed by atoms with Gasteiger partial charge in [-0.1, -0.05) is 6.07 Å². The summed E-state index contributed by atoms with van der Waals surface area (Å²) >= 11 is 0. The van der Waals surface area contributed by atoms with Crippen molar-refractivity contribution in [3.8, 4) is 34.5 Å². The first-order valence-electron chi connectivity index (χ1n) is 10.5. The van der Waals surface area contributed by atoms with Crippen LogP contribution in [0.2, 0.25) is 0 Å². The predicted molar refractivity (Wildman–Crippen MR) is 130 cm³/mol. The van der Waals surface area contributed by atoms with Crippen LogP contribution in [0.25, 0.3) is 17.0 Å². The molecular formula is C27H22O8.